The number of furan rings is 1. The van der Waals surface area contributed by atoms with Crippen molar-refractivity contribution in [2.45, 2.75) is 19.4 Å². The number of carbonyl (C=O) groups excluding carboxylic acids is 1. The molecule has 0 amide bonds. The number of nitrogens with two attached hydrogens (primary N) is 2. The smallest absolute Gasteiger partial charge is 0.306 e. The van der Waals surface area contributed by atoms with Crippen LogP contribution in [0.2, 0.25) is 0 Å². The van der Waals surface area contributed by atoms with Gasteiger partial charge in [-0.25, -0.2) is 0 Å². The molecule has 27 heavy (non-hydrogen) atoms. The number of methoxy groups -OCH3 is 1. The van der Waals surface area contributed by atoms with Gasteiger partial charge in [-0.3, -0.25) is 4.79 Å². The largest absolute Gasteiger partial charge is 0.497 e. The van der Waals surface area contributed by atoms with E-state index in [-0.39, 0.29) is 30.7 Å². The van der Waals surface area contributed by atoms with Crippen molar-refractivity contribution in [1.29, 1.82) is 0 Å². The molecule has 9 heteroatoms. The zero-order valence-electron chi connectivity index (χ0n) is 14.7. The highest BCUT2D eigenvalue weighted by molar-refractivity contribution is 5.69. The summed E-state index contributed by atoms with van der Waals surface area (Å²) >= 11 is 0. The minimum absolute atomic E-state index is 0.0183. The Morgan fingerprint density at radius 3 is 2.41 bits per heavy atom. The average molecular weight is 369 g/mol. The number of anilines is 2. The van der Waals surface area contributed by atoms with Crippen LogP contribution in [0.4, 0.5) is 11.9 Å². The van der Waals surface area contributed by atoms with Crippen LogP contribution in [0, 0.1) is 0 Å². The molecule has 0 spiro atoms. The zero-order chi connectivity index (χ0) is 19.2. The Morgan fingerprint density at radius 2 is 1.74 bits per heavy atom. The monoisotopic (exact) mass is 369 g/mol. The Labute approximate surface area is 155 Å². The summed E-state index contributed by atoms with van der Waals surface area (Å²) in [5.41, 5.74) is 11.9. The van der Waals surface area contributed by atoms with E-state index in [1.807, 2.05) is 36.4 Å². The van der Waals surface area contributed by atoms with E-state index < -0.39 is 5.97 Å². The number of nitrogen functional groups attached to an aromatic ring is 2. The molecule has 140 valence electrons. The van der Waals surface area contributed by atoms with Crippen molar-refractivity contribution >= 4 is 17.9 Å². The number of ether oxygens (including phenoxy) is 2. The highest BCUT2D eigenvalue weighted by Crippen LogP contribution is 2.25. The summed E-state index contributed by atoms with van der Waals surface area (Å²) in [6.45, 7) is -0.120. The summed E-state index contributed by atoms with van der Waals surface area (Å²) < 4.78 is 16.0. The second-order valence-electron chi connectivity index (χ2n) is 5.62. The first kappa shape index (κ1) is 18.2. The van der Waals surface area contributed by atoms with Gasteiger partial charge in [0.1, 0.15) is 17.3 Å². The summed E-state index contributed by atoms with van der Waals surface area (Å²) in [7, 11) is 1.61. The lowest BCUT2D eigenvalue weighted by atomic mass is 10.2. The summed E-state index contributed by atoms with van der Waals surface area (Å²) in [6, 6.07) is 11.2. The van der Waals surface area contributed by atoms with Gasteiger partial charge in [0.2, 0.25) is 11.9 Å². The van der Waals surface area contributed by atoms with Crippen LogP contribution in [0.5, 0.6) is 5.75 Å². The Hall–Kier alpha value is -3.62. The fraction of sp³-hybridized carbons (Fsp3) is 0.222. The van der Waals surface area contributed by atoms with Gasteiger partial charge in [-0.05, 0) is 36.4 Å². The van der Waals surface area contributed by atoms with E-state index in [4.69, 9.17) is 25.4 Å². The van der Waals surface area contributed by atoms with Crippen molar-refractivity contribution < 1.29 is 18.7 Å². The van der Waals surface area contributed by atoms with Crippen molar-refractivity contribution in [3.63, 3.8) is 0 Å². The van der Waals surface area contributed by atoms with E-state index in [0.29, 0.717) is 12.2 Å². The number of hydrogen-bond acceptors (Lipinski definition) is 9. The predicted octanol–water partition coefficient (Wildman–Crippen LogP) is 1.98. The number of nitrogens with zero attached hydrogens (tertiary/aromatic N) is 3. The summed E-state index contributed by atoms with van der Waals surface area (Å²) in [4.78, 5) is 23.2. The van der Waals surface area contributed by atoms with Crippen LogP contribution < -0.4 is 16.2 Å². The van der Waals surface area contributed by atoms with Crippen molar-refractivity contribution in [2.24, 2.45) is 0 Å². The zero-order valence-corrected chi connectivity index (χ0v) is 14.7. The van der Waals surface area contributed by atoms with Crippen molar-refractivity contribution in [2.75, 3.05) is 18.6 Å². The molecule has 9 nitrogen and oxygen atoms in total. The molecule has 0 atom stereocenters. The van der Waals surface area contributed by atoms with Crippen LogP contribution in [0.3, 0.4) is 0 Å². The number of rotatable bonds is 7. The number of esters is 1. The summed E-state index contributed by atoms with van der Waals surface area (Å²) in [6.07, 6.45) is 0.572. The molecule has 0 aliphatic heterocycles. The first-order chi connectivity index (χ1) is 13.0. The predicted molar refractivity (Wildman–Crippen MR) is 97.5 cm³/mol. The molecule has 0 saturated carbocycles. The third kappa shape index (κ3) is 4.94. The van der Waals surface area contributed by atoms with Crippen molar-refractivity contribution in [3.8, 4) is 17.1 Å². The number of carbonyl (C=O) groups is 1. The van der Waals surface area contributed by atoms with Crippen LogP contribution in [0.15, 0.2) is 40.8 Å². The minimum atomic E-state index is -0.407. The normalized spacial score (nSPS) is 10.6. The van der Waals surface area contributed by atoms with Crippen LogP contribution >= 0.6 is 0 Å². The molecule has 0 aliphatic rings. The quantitative estimate of drug-likeness (QED) is 0.598. The Bertz CT molecular complexity index is 904. The van der Waals surface area contributed by atoms with E-state index >= 15 is 0 Å². The highest BCUT2D eigenvalue weighted by Gasteiger charge is 2.10. The number of aryl methyl sites for hydroxylation is 1. The fourth-order valence-electron chi connectivity index (χ4n) is 2.39. The minimum Gasteiger partial charge on any atom is -0.497 e. The van der Waals surface area contributed by atoms with E-state index in [2.05, 4.69) is 15.0 Å². The average Bonchev–Trinajstić information content (AvgIpc) is 3.13. The van der Waals surface area contributed by atoms with Crippen molar-refractivity contribution in [1.82, 2.24) is 15.0 Å². The van der Waals surface area contributed by atoms with Gasteiger partial charge in [-0.15, -0.1) is 0 Å². The topological polar surface area (TPSA) is 139 Å². The molecule has 0 aliphatic carbocycles. The number of aromatic nitrogens is 3. The SMILES string of the molecule is COc1ccc(-c2ccc(CCC(=O)OCc3nc(N)nc(N)n3)o2)cc1. The number of hydrogen-bond donors (Lipinski definition) is 2. The van der Waals surface area contributed by atoms with E-state index in [1.54, 1.807) is 7.11 Å². The molecule has 0 saturated heterocycles. The molecule has 3 aromatic rings. The van der Waals surface area contributed by atoms with Gasteiger partial charge >= 0.3 is 5.97 Å². The lowest BCUT2D eigenvalue weighted by Gasteiger charge is -2.04. The van der Waals surface area contributed by atoms with Gasteiger partial charge < -0.3 is 25.4 Å². The molecule has 0 fully saturated rings. The summed E-state index contributed by atoms with van der Waals surface area (Å²) in [5.74, 6) is 1.94. The molecule has 0 radical (unpaired) electrons. The van der Waals surface area contributed by atoms with Crippen LogP contribution in [-0.4, -0.2) is 28.0 Å². The molecule has 2 aromatic heterocycles. The van der Waals surface area contributed by atoms with Gasteiger partial charge in [0.25, 0.3) is 0 Å². The van der Waals surface area contributed by atoms with Gasteiger partial charge in [-0.1, -0.05) is 0 Å². The molecule has 2 heterocycles. The Balaban J connectivity index is 1.51. The maximum atomic E-state index is 11.9. The molecule has 1 aromatic carbocycles. The third-order valence-corrected chi connectivity index (χ3v) is 3.69. The van der Waals surface area contributed by atoms with E-state index in [9.17, 15) is 4.79 Å². The molecule has 3 rings (SSSR count). The second-order valence-corrected chi connectivity index (χ2v) is 5.62. The Morgan fingerprint density at radius 1 is 1.04 bits per heavy atom. The van der Waals surface area contributed by atoms with Gasteiger partial charge in [0.15, 0.2) is 12.4 Å². The molecular weight excluding hydrogens is 350 g/mol. The molecule has 4 N–H and O–H groups in total. The maximum absolute atomic E-state index is 11.9. The van der Waals surface area contributed by atoms with Gasteiger partial charge in [0.05, 0.1) is 13.5 Å². The fourth-order valence-corrected chi connectivity index (χ4v) is 2.39. The summed E-state index contributed by atoms with van der Waals surface area (Å²) in [5, 5.41) is 0. The second kappa shape index (κ2) is 8.17. The standard InChI is InChI=1S/C18H19N5O4/c1-25-12-4-2-11(3-5-12)14-8-6-13(27-14)7-9-16(24)26-10-15-21-17(19)23-18(20)22-15/h2-6,8H,7,9-10H2,1H3,(H4,19,20,21,22,23). The van der Waals surface area contributed by atoms with Crippen LogP contribution in [-0.2, 0) is 22.6 Å². The third-order valence-electron chi connectivity index (χ3n) is 3.69. The van der Waals surface area contributed by atoms with Crippen molar-refractivity contribution in [3.05, 3.63) is 48.0 Å². The molecular formula is C18H19N5O4. The maximum Gasteiger partial charge on any atom is 0.306 e. The lowest BCUT2D eigenvalue weighted by molar-refractivity contribution is -0.145. The lowest BCUT2D eigenvalue weighted by Crippen LogP contribution is -2.11. The highest BCUT2D eigenvalue weighted by atomic mass is 16.5. The molecule has 0 unspecified atom stereocenters. The van der Waals surface area contributed by atoms with Crippen LogP contribution in [0.25, 0.3) is 11.3 Å². The first-order valence-corrected chi connectivity index (χ1v) is 8.18. The Kier molecular flexibility index (Phi) is 5.50. The van der Waals surface area contributed by atoms with Crippen LogP contribution in [0.1, 0.15) is 18.0 Å². The van der Waals surface area contributed by atoms with E-state index in [0.717, 1.165) is 17.1 Å². The van der Waals surface area contributed by atoms with E-state index in [1.165, 1.54) is 0 Å². The molecule has 0 bridgehead atoms. The van der Waals surface area contributed by atoms with Gasteiger partial charge in [0, 0.05) is 12.0 Å². The van der Waals surface area contributed by atoms with Gasteiger partial charge in [-0.2, -0.15) is 15.0 Å². The number of benzene rings is 1. The first-order valence-electron chi connectivity index (χ1n) is 8.18.